The second-order valence-electron chi connectivity index (χ2n) is 4.79. The third-order valence-electron chi connectivity index (χ3n) is 3.43. The van der Waals surface area contributed by atoms with E-state index in [-0.39, 0.29) is 6.54 Å². The van der Waals surface area contributed by atoms with E-state index in [1.54, 1.807) is 6.07 Å². The van der Waals surface area contributed by atoms with Gasteiger partial charge in [0.05, 0.1) is 6.54 Å². The Bertz CT molecular complexity index is 839. The van der Waals surface area contributed by atoms with Crippen LogP contribution >= 0.6 is 12.2 Å². The van der Waals surface area contributed by atoms with Crippen molar-refractivity contribution in [1.29, 1.82) is 0 Å². The number of fused-ring (bicyclic) bond motifs is 1. The summed E-state index contributed by atoms with van der Waals surface area (Å²) in [5.74, 6) is -1.65. The maximum absolute atomic E-state index is 13.8. The van der Waals surface area contributed by atoms with E-state index in [2.05, 4.69) is 0 Å². The molecule has 0 amide bonds. The minimum absolute atomic E-state index is 0.244. The van der Waals surface area contributed by atoms with Crippen LogP contribution in [0, 0.1) is 11.6 Å². The zero-order valence-electron chi connectivity index (χ0n) is 11.0. The fourth-order valence-electron chi connectivity index (χ4n) is 2.33. The van der Waals surface area contributed by atoms with Crippen LogP contribution in [-0.4, -0.2) is 9.56 Å². The molecule has 1 heterocycles. The van der Waals surface area contributed by atoms with Gasteiger partial charge in [-0.1, -0.05) is 36.5 Å². The molecule has 5 heteroatoms. The van der Waals surface area contributed by atoms with Crippen LogP contribution in [-0.2, 0) is 6.54 Å². The van der Waals surface area contributed by atoms with Crippen molar-refractivity contribution in [2.75, 3.05) is 0 Å². The first-order chi connectivity index (χ1) is 10.1. The van der Waals surface area contributed by atoms with E-state index in [1.807, 2.05) is 35.0 Å². The van der Waals surface area contributed by atoms with Gasteiger partial charge in [0.25, 0.3) is 0 Å². The zero-order valence-corrected chi connectivity index (χ0v) is 11.8. The predicted molar refractivity (Wildman–Crippen MR) is 83.3 cm³/mol. The molecular weight excluding hydrogens is 290 g/mol. The SMILES string of the molecule is NC(=S)c1ccc2ccn(Cc3cccc(F)c3F)c2c1. The first-order valence-electron chi connectivity index (χ1n) is 6.38. The lowest BCUT2D eigenvalue weighted by Gasteiger charge is -2.08. The van der Waals surface area contributed by atoms with Crippen LogP contribution in [0.4, 0.5) is 8.78 Å². The van der Waals surface area contributed by atoms with E-state index in [0.717, 1.165) is 22.5 Å². The second-order valence-corrected chi connectivity index (χ2v) is 5.23. The van der Waals surface area contributed by atoms with E-state index in [1.165, 1.54) is 6.07 Å². The summed E-state index contributed by atoms with van der Waals surface area (Å²) in [6.07, 6.45) is 1.83. The molecular formula is C16H12F2N2S. The molecule has 2 N–H and O–H groups in total. The number of rotatable bonds is 3. The first kappa shape index (κ1) is 13.7. The minimum Gasteiger partial charge on any atom is -0.389 e. The molecule has 0 aliphatic rings. The van der Waals surface area contributed by atoms with Crippen LogP contribution in [0.2, 0.25) is 0 Å². The Morgan fingerprint density at radius 1 is 1.14 bits per heavy atom. The quantitative estimate of drug-likeness (QED) is 0.749. The highest BCUT2D eigenvalue weighted by molar-refractivity contribution is 7.80. The smallest absolute Gasteiger partial charge is 0.163 e. The highest BCUT2D eigenvalue weighted by atomic mass is 32.1. The Kier molecular flexibility index (Phi) is 3.43. The summed E-state index contributed by atoms with van der Waals surface area (Å²) in [7, 11) is 0. The van der Waals surface area contributed by atoms with Crippen molar-refractivity contribution in [1.82, 2.24) is 4.57 Å². The summed E-state index contributed by atoms with van der Waals surface area (Å²) >= 11 is 4.97. The lowest BCUT2D eigenvalue weighted by molar-refractivity contribution is 0.496. The molecule has 2 aromatic carbocycles. The van der Waals surface area contributed by atoms with Gasteiger partial charge in [-0.05, 0) is 23.6 Å². The summed E-state index contributed by atoms with van der Waals surface area (Å²) in [6.45, 7) is 0.244. The van der Waals surface area contributed by atoms with Crippen LogP contribution in [0.5, 0.6) is 0 Å². The second kappa shape index (κ2) is 5.26. The summed E-state index contributed by atoms with van der Waals surface area (Å²) in [5, 5.41) is 0.992. The molecule has 0 bridgehead atoms. The molecule has 106 valence electrons. The molecule has 2 nitrogen and oxygen atoms in total. The van der Waals surface area contributed by atoms with Crippen LogP contribution in [0.3, 0.4) is 0 Å². The van der Waals surface area contributed by atoms with Crippen molar-refractivity contribution < 1.29 is 8.78 Å². The summed E-state index contributed by atoms with van der Waals surface area (Å²) in [6, 6.07) is 11.7. The Hall–Kier alpha value is -2.27. The van der Waals surface area contributed by atoms with E-state index < -0.39 is 11.6 Å². The van der Waals surface area contributed by atoms with Crippen LogP contribution < -0.4 is 5.73 Å². The Morgan fingerprint density at radius 2 is 1.95 bits per heavy atom. The van der Waals surface area contributed by atoms with E-state index in [0.29, 0.717) is 10.6 Å². The van der Waals surface area contributed by atoms with Crippen molar-refractivity contribution in [3.05, 3.63) is 71.4 Å². The standard InChI is InChI=1S/C16H12F2N2S/c17-13-3-1-2-12(15(13)18)9-20-7-6-10-4-5-11(16(19)21)8-14(10)20/h1-8H,9H2,(H2,19,21). The van der Waals surface area contributed by atoms with Gasteiger partial charge < -0.3 is 10.3 Å². The first-order valence-corrected chi connectivity index (χ1v) is 6.78. The molecule has 21 heavy (non-hydrogen) atoms. The largest absolute Gasteiger partial charge is 0.389 e. The Balaban J connectivity index is 2.06. The van der Waals surface area contributed by atoms with Gasteiger partial charge in [-0.15, -0.1) is 0 Å². The Morgan fingerprint density at radius 3 is 2.71 bits per heavy atom. The number of aromatic nitrogens is 1. The molecule has 0 fully saturated rings. The average molecular weight is 302 g/mol. The van der Waals surface area contributed by atoms with Gasteiger partial charge in [-0.3, -0.25) is 0 Å². The molecule has 0 atom stereocenters. The van der Waals surface area contributed by atoms with E-state index in [4.69, 9.17) is 18.0 Å². The van der Waals surface area contributed by atoms with Crippen molar-refractivity contribution in [3.63, 3.8) is 0 Å². The van der Waals surface area contributed by atoms with Gasteiger partial charge >= 0.3 is 0 Å². The van der Waals surface area contributed by atoms with Crippen molar-refractivity contribution in [2.24, 2.45) is 5.73 Å². The minimum atomic E-state index is -0.840. The van der Waals surface area contributed by atoms with Gasteiger partial charge in [0, 0.05) is 22.8 Å². The Labute approximate surface area is 125 Å². The molecule has 0 spiro atoms. The van der Waals surface area contributed by atoms with Gasteiger partial charge in [0.1, 0.15) is 4.99 Å². The summed E-state index contributed by atoms with van der Waals surface area (Å²) in [5.41, 5.74) is 7.56. The van der Waals surface area contributed by atoms with Crippen molar-refractivity contribution in [3.8, 4) is 0 Å². The molecule has 0 aliphatic heterocycles. The predicted octanol–water partition coefficient (Wildman–Crippen LogP) is 3.60. The molecule has 0 unspecified atom stereocenters. The molecule has 3 rings (SSSR count). The monoisotopic (exact) mass is 302 g/mol. The van der Waals surface area contributed by atoms with E-state index >= 15 is 0 Å². The highest BCUT2D eigenvalue weighted by Gasteiger charge is 2.10. The third-order valence-corrected chi connectivity index (χ3v) is 3.67. The molecule has 0 saturated carbocycles. The van der Waals surface area contributed by atoms with Crippen molar-refractivity contribution in [2.45, 2.75) is 6.54 Å². The molecule has 1 aromatic heterocycles. The van der Waals surface area contributed by atoms with Crippen LogP contribution in [0.25, 0.3) is 10.9 Å². The summed E-state index contributed by atoms with van der Waals surface area (Å²) in [4.78, 5) is 0.307. The van der Waals surface area contributed by atoms with Gasteiger partial charge in [-0.25, -0.2) is 8.78 Å². The number of nitrogens with two attached hydrogens (primary N) is 1. The number of halogens is 2. The molecule has 0 radical (unpaired) electrons. The van der Waals surface area contributed by atoms with Crippen LogP contribution in [0.1, 0.15) is 11.1 Å². The fraction of sp³-hybridized carbons (Fsp3) is 0.0625. The maximum Gasteiger partial charge on any atom is 0.163 e. The lowest BCUT2D eigenvalue weighted by Crippen LogP contribution is -2.09. The number of nitrogens with zero attached hydrogens (tertiary/aromatic N) is 1. The van der Waals surface area contributed by atoms with Crippen molar-refractivity contribution >= 4 is 28.1 Å². The number of benzene rings is 2. The average Bonchev–Trinajstić information content (AvgIpc) is 2.86. The highest BCUT2D eigenvalue weighted by Crippen LogP contribution is 2.20. The third kappa shape index (κ3) is 2.52. The zero-order chi connectivity index (χ0) is 15.0. The molecule has 0 saturated heterocycles. The van der Waals surface area contributed by atoms with Gasteiger partial charge in [-0.2, -0.15) is 0 Å². The number of hydrogen-bond acceptors (Lipinski definition) is 1. The van der Waals surface area contributed by atoms with Gasteiger partial charge in [0.15, 0.2) is 11.6 Å². The topological polar surface area (TPSA) is 30.9 Å². The number of hydrogen-bond donors (Lipinski definition) is 1. The summed E-state index contributed by atoms with van der Waals surface area (Å²) < 4.78 is 28.9. The van der Waals surface area contributed by atoms with Crippen LogP contribution in [0.15, 0.2) is 48.7 Å². The van der Waals surface area contributed by atoms with E-state index in [9.17, 15) is 8.78 Å². The molecule has 3 aromatic rings. The normalized spacial score (nSPS) is 11.0. The fourth-order valence-corrected chi connectivity index (χ4v) is 2.46. The molecule has 0 aliphatic carbocycles. The van der Waals surface area contributed by atoms with Gasteiger partial charge in [0.2, 0.25) is 0 Å². The lowest BCUT2D eigenvalue weighted by atomic mass is 10.1. The number of thiocarbonyl (C=S) groups is 1. The maximum atomic E-state index is 13.8.